The lowest BCUT2D eigenvalue weighted by Crippen LogP contribution is -2.16. The van der Waals surface area contributed by atoms with Gasteiger partial charge in [0.2, 0.25) is 5.95 Å². The summed E-state index contributed by atoms with van der Waals surface area (Å²) in [6.07, 6.45) is 3.12. The summed E-state index contributed by atoms with van der Waals surface area (Å²) in [5.74, 6) is 0.0536. The topological polar surface area (TPSA) is 97.5 Å². The van der Waals surface area contributed by atoms with E-state index in [4.69, 9.17) is 5.73 Å². The second-order valence-corrected chi connectivity index (χ2v) is 6.71. The molecule has 4 aromatic rings. The molecule has 4 rings (SSSR count). The Morgan fingerprint density at radius 2 is 1.25 bits per heavy atom. The van der Waals surface area contributed by atoms with Crippen molar-refractivity contribution in [1.82, 2.24) is 19.9 Å². The van der Waals surface area contributed by atoms with Gasteiger partial charge < -0.3 is 5.73 Å². The summed E-state index contributed by atoms with van der Waals surface area (Å²) in [6, 6.07) is 20.5. The lowest BCUT2D eigenvalue weighted by atomic mass is 10.0. The number of anilines is 1. The number of nitrogens with one attached hydrogen (secondary N) is 1. The number of H-pyrrole nitrogens is 1. The smallest absolute Gasteiger partial charge is 0.280 e. The maximum absolute atomic E-state index is 12.2. The predicted octanol–water partition coefficient (Wildman–Crippen LogP) is 2.87. The Balaban J connectivity index is 1.68. The number of aryl methyl sites for hydroxylation is 4. The number of aromatic nitrogens is 4. The molecule has 140 valence electrons. The summed E-state index contributed by atoms with van der Waals surface area (Å²) in [4.78, 5) is 28.2. The molecule has 0 bridgehead atoms. The van der Waals surface area contributed by atoms with Crippen LogP contribution in [0.25, 0.3) is 11.2 Å². The molecule has 2 aromatic carbocycles. The predicted molar refractivity (Wildman–Crippen MR) is 110 cm³/mol. The molecule has 2 heterocycles. The molecule has 0 aliphatic carbocycles. The lowest BCUT2D eigenvalue weighted by Gasteiger charge is -2.10. The van der Waals surface area contributed by atoms with E-state index in [0.717, 1.165) is 30.7 Å². The van der Waals surface area contributed by atoms with Crippen molar-refractivity contribution < 1.29 is 0 Å². The summed E-state index contributed by atoms with van der Waals surface area (Å²) in [5, 5.41) is 0. The molecule has 0 saturated carbocycles. The van der Waals surface area contributed by atoms with E-state index < -0.39 is 0 Å². The number of hydrogen-bond acceptors (Lipinski definition) is 5. The van der Waals surface area contributed by atoms with Crippen LogP contribution in [0.5, 0.6) is 0 Å². The molecular formula is C22H21N5O. The van der Waals surface area contributed by atoms with Gasteiger partial charge in [0.25, 0.3) is 5.56 Å². The zero-order chi connectivity index (χ0) is 19.3. The van der Waals surface area contributed by atoms with Crippen LogP contribution in [0.15, 0.2) is 65.5 Å². The van der Waals surface area contributed by atoms with E-state index in [1.54, 1.807) is 0 Å². The Kier molecular flexibility index (Phi) is 5.10. The van der Waals surface area contributed by atoms with Gasteiger partial charge in [-0.1, -0.05) is 60.7 Å². The molecule has 0 amide bonds. The van der Waals surface area contributed by atoms with Crippen molar-refractivity contribution in [2.45, 2.75) is 25.7 Å². The second kappa shape index (κ2) is 8.00. The van der Waals surface area contributed by atoms with Crippen LogP contribution in [0.4, 0.5) is 5.95 Å². The van der Waals surface area contributed by atoms with Crippen molar-refractivity contribution in [3.63, 3.8) is 0 Å². The zero-order valence-corrected chi connectivity index (χ0v) is 15.4. The first-order valence-electron chi connectivity index (χ1n) is 9.32. The number of fused-ring (bicyclic) bond motifs is 1. The van der Waals surface area contributed by atoms with Gasteiger partial charge in [-0.25, -0.2) is 9.97 Å². The maximum atomic E-state index is 12.2. The molecule has 6 nitrogen and oxygen atoms in total. The molecule has 0 spiro atoms. The molecule has 28 heavy (non-hydrogen) atoms. The fourth-order valence-corrected chi connectivity index (χ4v) is 3.26. The minimum atomic E-state index is -0.356. The zero-order valence-electron chi connectivity index (χ0n) is 15.4. The van der Waals surface area contributed by atoms with Gasteiger partial charge in [-0.05, 0) is 36.8 Å². The number of nitrogen functional groups attached to an aromatic ring is 1. The normalized spacial score (nSPS) is 11.0. The van der Waals surface area contributed by atoms with Crippen LogP contribution in [0.1, 0.15) is 22.5 Å². The number of nitrogens with zero attached hydrogens (tertiary/aromatic N) is 3. The monoisotopic (exact) mass is 371 g/mol. The third-order valence-corrected chi connectivity index (χ3v) is 4.70. The van der Waals surface area contributed by atoms with Gasteiger partial charge in [0, 0.05) is 0 Å². The van der Waals surface area contributed by atoms with E-state index >= 15 is 0 Å². The Labute approximate surface area is 162 Å². The van der Waals surface area contributed by atoms with E-state index in [2.05, 4.69) is 44.2 Å². The van der Waals surface area contributed by atoms with Crippen molar-refractivity contribution in [3.8, 4) is 0 Å². The molecule has 0 atom stereocenters. The Morgan fingerprint density at radius 3 is 1.82 bits per heavy atom. The number of benzene rings is 2. The van der Waals surface area contributed by atoms with Crippen LogP contribution >= 0.6 is 0 Å². The van der Waals surface area contributed by atoms with Gasteiger partial charge in [0.15, 0.2) is 11.2 Å². The summed E-state index contributed by atoms with van der Waals surface area (Å²) < 4.78 is 0. The average molecular weight is 371 g/mol. The van der Waals surface area contributed by atoms with Gasteiger partial charge in [0.05, 0.1) is 11.4 Å². The van der Waals surface area contributed by atoms with E-state index in [9.17, 15) is 4.79 Å². The van der Waals surface area contributed by atoms with Gasteiger partial charge in [-0.15, -0.1) is 0 Å². The molecule has 6 heteroatoms. The van der Waals surface area contributed by atoms with Crippen molar-refractivity contribution in [1.29, 1.82) is 0 Å². The molecule has 0 unspecified atom stereocenters. The van der Waals surface area contributed by atoms with Crippen LogP contribution in [-0.2, 0) is 25.7 Å². The van der Waals surface area contributed by atoms with Crippen LogP contribution < -0.4 is 11.3 Å². The van der Waals surface area contributed by atoms with Crippen molar-refractivity contribution in [2.75, 3.05) is 5.73 Å². The Hall–Kier alpha value is -3.54. The third kappa shape index (κ3) is 4.06. The average Bonchev–Trinajstić information content (AvgIpc) is 2.72. The van der Waals surface area contributed by atoms with Crippen LogP contribution in [0, 0.1) is 0 Å². The highest BCUT2D eigenvalue weighted by Crippen LogP contribution is 2.15. The van der Waals surface area contributed by atoms with Gasteiger partial charge in [0.1, 0.15) is 0 Å². The van der Waals surface area contributed by atoms with Crippen molar-refractivity contribution >= 4 is 17.1 Å². The fourth-order valence-electron chi connectivity index (χ4n) is 3.26. The molecule has 0 aliphatic rings. The summed E-state index contributed by atoms with van der Waals surface area (Å²) >= 11 is 0. The Bertz CT molecular complexity index is 1140. The second-order valence-electron chi connectivity index (χ2n) is 6.71. The first kappa shape index (κ1) is 17.9. The van der Waals surface area contributed by atoms with Crippen molar-refractivity contribution in [3.05, 3.63) is 93.5 Å². The number of aromatic amines is 1. The number of hydrogen-bond donors (Lipinski definition) is 2. The van der Waals surface area contributed by atoms with Gasteiger partial charge in [-0.2, -0.15) is 4.98 Å². The fraction of sp³-hybridized carbons (Fsp3) is 0.182. The van der Waals surface area contributed by atoms with E-state index in [1.165, 1.54) is 11.1 Å². The third-order valence-electron chi connectivity index (χ3n) is 4.70. The number of rotatable bonds is 6. The minimum Gasteiger partial charge on any atom is -0.369 e. The highest BCUT2D eigenvalue weighted by atomic mass is 16.1. The van der Waals surface area contributed by atoms with Gasteiger partial charge >= 0.3 is 0 Å². The van der Waals surface area contributed by atoms with Crippen molar-refractivity contribution in [2.24, 2.45) is 0 Å². The quantitative estimate of drug-likeness (QED) is 0.543. The molecule has 2 aromatic heterocycles. The van der Waals surface area contributed by atoms with E-state index in [0.29, 0.717) is 12.1 Å². The highest BCUT2D eigenvalue weighted by Gasteiger charge is 2.13. The molecule has 0 radical (unpaired) electrons. The van der Waals surface area contributed by atoms with Crippen LogP contribution in [-0.4, -0.2) is 19.9 Å². The summed E-state index contributed by atoms with van der Waals surface area (Å²) in [7, 11) is 0. The SMILES string of the molecule is Nc1nc2nc(CCc3ccccc3)c(CCc3ccccc3)nc2c(=O)[nH]1. The van der Waals surface area contributed by atoms with E-state index in [-0.39, 0.29) is 17.0 Å². The van der Waals surface area contributed by atoms with E-state index in [1.807, 2.05) is 36.4 Å². The largest absolute Gasteiger partial charge is 0.369 e. The maximum Gasteiger partial charge on any atom is 0.280 e. The lowest BCUT2D eigenvalue weighted by molar-refractivity contribution is 0.829. The van der Waals surface area contributed by atoms with Crippen LogP contribution in [0.2, 0.25) is 0 Å². The number of nitrogens with two attached hydrogens (primary N) is 1. The molecule has 0 aliphatic heterocycles. The summed E-state index contributed by atoms with van der Waals surface area (Å²) in [6.45, 7) is 0. The highest BCUT2D eigenvalue weighted by molar-refractivity contribution is 5.69. The molecule has 0 saturated heterocycles. The molecular weight excluding hydrogens is 350 g/mol. The first-order chi connectivity index (χ1) is 13.7. The minimum absolute atomic E-state index is 0.0536. The summed E-state index contributed by atoms with van der Waals surface area (Å²) in [5.41, 5.74) is 10.0. The molecule has 0 fully saturated rings. The Morgan fingerprint density at radius 1 is 0.714 bits per heavy atom. The molecule has 3 N–H and O–H groups in total. The first-order valence-corrected chi connectivity index (χ1v) is 9.32. The van der Waals surface area contributed by atoms with Gasteiger partial charge in [-0.3, -0.25) is 9.78 Å². The standard InChI is InChI=1S/C22H21N5O/c23-22-26-20-19(21(28)27-22)24-17(13-11-15-7-3-1-4-8-15)18(25-20)14-12-16-9-5-2-6-10-16/h1-10H,11-14H2,(H3,23,25,26,27,28). The van der Waals surface area contributed by atoms with Crippen LogP contribution in [0.3, 0.4) is 0 Å².